The second-order valence-electron chi connectivity index (χ2n) is 5.21. The van der Waals surface area contributed by atoms with E-state index in [0.29, 0.717) is 0 Å². The van der Waals surface area contributed by atoms with Crippen molar-refractivity contribution in [1.29, 1.82) is 0 Å². The van der Waals surface area contributed by atoms with Crippen LogP contribution in [0.3, 0.4) is 0 Å². The highest BCUT2D eigenvalue weighted by Gasteiger charge is 2.21. The van der Waals surface area contributed by atoms with Gasteiger partial charge in [-0.1, -0.05) is 56.8 Å². The number of hydrogen-bond acceptors (Lipinski definition) is 1. The van der Waals surface area contributed by atoms with E-state index in [4.69, 9.17) is 0 Å². The second-order valence-corrected chi connectivity index (χ2v) is 5.21. The van der Waals surface area contributed by atoms with Crippen molar-refractivity contribution in [2.24, 2.45) is 0 Å². The van der Waals surface area contributed by atoms with E-state index >= 15 is 0 Å². The second kappa shape index (κ2) is 10.9. The normalized spacial score (nSPS) is 20.2. The topological polar surface area (TPSA) is 3.24 Å². The molecule has 1 aliphatic rings. The lowest BCUT2D eigenvalue weighted by Crippen LogP contribution is -2.28. The van der Waals surface area contributed by atoms with Crippen molar-refractivity contribution in [2.75, 3.05) is 13.1 Å². The minimum Gasteiger partial charge on any atom is -0.301 e. The number of allylic oxidation sites excluding steroid dienone is 4. The van der Waals surface area contributed by atoms with E-state index < -0.39 is 0 Å². The van der Waals surface area contributed by atoms with Crippen molar-refractivity contribution in [3.63, 3.8) is 0 Å². The van der Waals surface area contributed by atoms with Gasteiger partial charge in [0.2, 0.25) is 0 Å². The first kappa shape index (κ1) is 16.1. The van der Waals surface area contributed by atoms with Crippen LogP contribution in [0.2, 0.25) is 0 Å². The lowest BCUT2D eigenvalue weighted by Gasteiger charge is -2.21. The van der Waals surface area contributed by atoms with E-state index in [-0.39, 0.29) is 0 Å². The SMILES string of the molecule is CCCC/C=C/C=C/C#CCC[C@H]1CCCN1CC. The average Bonchev–Trinajstić information content (AvgIpc) is 2.88. The van der Waals surface area contributed by atoms with Gasteiger partial charge in [0, 0.05) is 12.5 Å². The van der Waals surface area contributed by atoms with Crippen molar-refractivity contribution in [2.45, 2.75) is 64.8 Å². The predicted octanol–water partition coefficient (Wildman–Crippen LogP) is 4.56. The molecule has 19 heavy (non-hydrogen) atoms. The van der Waals surface area contributed by atoms with Crippen LogP contribution < -0.4 is 0 Å². The third kappa shape index (κ3) is 7.23. The minimum absolute atomic E-state index is 0.789. The molecule has 0 aromatic heterocycles. The number of unbranched alkanes of at least 4 members (excludes halogenated alkanes) is 2. The summed E-state index contributed by atoms with van der Waals surface area (Å²) in [6.07, 6.45) is 17.1. The van der Waals surface area contributed by atoms with Crippen molar-refractivity contribution in [1.82, 2.24) is 4.90 Å². The Morgan fingerprint density at radius 1 is 1.26 bits per heavy atom. The Balaban J connectivity index is 2.10. The highest BCUT2D eigenvalue weighted by atomic mass is 15.2. The van der Waals surface area contributed by atoms with Gasteiger partial charge in [-0.15, -0.1) is 0 Å². The number of likely N-dealkylation sites (tertiary alicyclic amines) is 1. The van der Waals surface area contributed by atoms with Crippen LogP contribution in [0.25, 0.3) is 0 Å². The summed E-state index contributed by atoms with van der Waals surface area (Å²) in [4.78, 5) is 2.59. The fourth-order valence-corrected chi connectivity index (χ4v) is 2.61. The van der Waals surface area contributed by atoms with Gasteiger partial charge in [0.1, 0.15) is 0 Å². The van der Waals surface area contributed by atoms with Gasteiger partial charge in [-0.05, 0) is 44.8 Å². The zero-order valence-electron chi connectivity index (χ0n) is 12.7. The minimum atomic E-state index is 0.789. The molecule has 0 aromatic rings. The van der Waals surface area contributed by atoms with Crippen molar-refractivity contribution in [3.05, 3.63) is 24.3 Å². The Bertz CT molecular complexity index is 329. The molecule has 0 aromatic carbocycles. The van der Waals surface area contributed by atoms with Gasteiger partial charge in [0.15, 0.2) is 0 Å². The first-order valence-electron chi connectivity index (χ1n) is 7.92. The van der Waals surface area contributed by atoms with Crippen molar-refractivity contribution in [3.8, 4) is 11.8 Å². The van der Waals surface area contributed by atoms with Crippen LogP contribution in [0.1, 0.15) is 58.8 Å². The van der Waals surface area contributed by atoms with E-state index in [1.165, 1.54) is 51.6 Å². The molecule has 0 unspecified atom stereocenters. The molecule has 0 N–H and O–H groups in total. The Labute approximate surface area is 119 Å². The molecule has 1 saturated heterocycles. The molecule has 0 bridgehead atoms. The molecular weight excluding hydrogens is 230 g/mol. The van der Waals surface area contributed by atoms with E-state index in [0.717, 1.165) is 12.5 Å². The molecule has 1 nitrogen and oxygen atoms in total. The summed E-state index contributed by atoms with van der Waals surface area (Å²) in [5.41, 5.74) is 0. The summed E-state index contributed by atoms with van der Waals surface area (Å²) in [6, 6.07) is 0.789. The van der Waals surface area contributed by atoms with Crippen LogP contribution in [0.4, 0.5) is 0 Å². The first-order valence-corrected chi connectivity index (χ1v) is 7.92. The molecule has 0 radical (unpaired) electrons. The molecule has 0 aliphatic carbocycles. The van der Waals surface area contributed by atoms with Gasteiger partial charge in [-0.2, -0.15) is 0 Å². The van der Waals surface area contributed by atoms with Gasteiger partial charge >= 0.3 is 0 Å². The smallest absolute Gasteiger partial charge is 0.0107 e. The molecule has 106 valence electrons. The van der Waals surface area contributed by atoms with Gasteiger partial charge in [-0.25, -0.2) is 0 Å². The Morgan fingerprint density at radius 2 is 2.16 bits per heavy atom. The number of rotatable bonds is 7. The summed E-state index contributed by atoms with van der Waals surface area (Å²) in [5, 5.41) is 0. The van der Waals surface area contributed by atoms with Gasteiger partial charge in [0.05, 0.1) is 0 Å². The molecule has 1 heterocycles. The lowest BCUT2D eigenvalue weighted by atomic mass is 10.1. The Kier molecular flexibility index (Phi) is 9.19. The molecule has 1 heteroatoms. The Morgan fingerprint density at radius 3 is 2.95 bits per heavy atom. The fourth-order valence-electron chi connectivity index (χ4n) is 2.61. The zero-order valence-corrected chi connectivity index (χ0v) is 12.7. The van der Waals surface area contributed by atoms with Crippen molar-refractivity contribution < 1.29 is 0 Å². The van der Waals surface area contributed by atoms with Crippen LogP contribution in [-0.4, -0.2) is 24.0 Å². The van der Waals surface area contributed by atoms with Gasteiger partial charge < -0.3 is 4.90 Å². The van der Waals surface area contributed by atoms with E-state index in [1.807, 2.05) is 6.08 Å². The van der Waals surface area contributed by atoms with Crippen LogP contribution in [0.15, 0.2) is 24.3 Å². The third-order valence-corrected chi connectivity index (χ3v) is 3.76. The quantitative estimate of drug-likeness (QED) is 0.368. The molecule has 1 atom stereocenters. The summed E-state index contributed by atoms with van der Waals surface area (Å²) in [7, 11) is 0. The monoisotopic (exact) mass is 259 g/mol. The molecule has 0 saturated carbocycles. The summed E-state index contributed by atoms with van der Waals surface area (Å²) >= 11 is 0. The van der Waals surface area contributed by atoms with Gasteiger partial charge in [0.25, 0.3) is 0 Å². The zero-order chi connectivity index (χ0) is 13.8. The molecule has 1 aliphatic heterocycles. The van der Waals surface area contributed by atoms with Gasteiger partial charge in [-0.3, -0.25) is 0 Å². The number of nitrogens with zero attached hydrogens (tertiary/aromatic N) is 1. The predicted molar refractivity (Wildman–Crippen MR) is 85.1 cm³/mol. The standard InChI is InChI=1S/C18H29N/c1-3-5-6-7-8-9-10-11-12-13-15-18-16-14-17-19(18)4-2/h7-10,18H,3-6,13-17H2,1-2H3/b8-7+,10-9+/t18-/m0/s1. The van der Waals surface area contributed by atoms with Crippen LogP contribution in [-0.2, 0) is 0 Å². The number of hydrogen-bond donors (Lipinski definition) is 0. The van der Waals surface area contributed by atoms with E-state index in [1.54, 1.807) is 0 Å². The van der Waals surface area contributed by atoms with E-state index in [2.05, 4.69) is 48.8 Å². The highest BCUT2D eigenvalue weighted by Crippen LogP contribution is 2.20. The Hall–Kier alpha value is -1.00. The largest absolute Gasteiger partial charge is 0.301 e. The third-order valence-electron chi connectivity index (χ3n) is 3.76. The molecule has 0 amide bonds. The first-order chi connectivity index (χ1) is 9.38. The molecule has 1 fully saturated rings. The summed E-state index contributed by atoms with van der Waals surface area (Å²) < 4.78 is 0. The van der Waals surface area contributed by atoms with E-state index in [9.17, 15) is 0 Å². The van der Waals surface area contributed by atoms with Crippen LogP contribution in [0, 0.1) is 11.8 Å². The highest BCUT2D eigenvalue weighted by molar-refractivity contribution is 5.19. The molecule has 0 spiro atoms. The van der Waals surface area contributed by atoms with Crippen LogP contribution in [0.5, 0.6) is 0 Å². The maximum atomic E-state index is 3.26. The average molecular weight is 259 g/mol. The molecular formula is C18H29N. The maximum Gasteiger partial charge on any atom is 0.0107 e. The maximum absolute atomic E-state index is 3.26. The van der Waals surface area contributed by atoms with Crippen LogP contribution >= 0.6 is 0 Å². The molecule has 1 rings (SSSR count). The lowest BCUT2D eigenvalue weighted by molar-refractivity contribution is 0.257. The summed E-state index contributed by atoms with van der Waals surface area (Å²) in [6.45, 7) is 6.97. The fraction of sp³-hybridized carbons (Fsp3) is 0.667. The van der Waals surface area contributed by atoms with Crippen molar-refractivity contribution >= 4 is 0 Å². The summed E-state index contributed by atoms with van der Waals surface area (Å²) in [5.74, 6) is 6.39.